The van der Waals surface area contributed by atoms with Gasteiger partial charge in [-0.1, -0.05) is 18.0 Å². The predicted molar refractivity (Wildman–Crippen MR) is 145 cm³/mol. The number of ether oxygens (including phenoxy) is 1. The first-order valence-electron chi connectivity index (χ1n) is 12.4. The molecule has 1 heterocycles. The van der Waals surface area contributed by atoms with Crippen LogP contribution >= 0.6 is 11.6 Å². The van der Waals surface area contributed by atoms with Crippen LogP contribution in [0.1, 0.15) is 43.4 Å². The highest BCUT2D eigenvalue weighted by Gasteiger charge is 2.33. The topological polar surface area (TPSA) is 142 Å². The number of carbonyl (C=O) groups is 3. The number of halogens is 4. The maximum absolute atomic E-state index is 13.0. The van der Waals surface area contributed by atoms with E-state index in [0.717, 1.165) is 12.1 Å². The molecule has 0 atom stereocenters. The Morgan fingerprint density at radius 3 is 2.20 bits per heavy atom. The molecule has 0 radical (unpaired) electrons. The maximum atomic E-state index is 13.0. The average Bonchev–Trinajstić information content (AvgIpc) is 2.93. The number of alkyl halides is 3. The van der Waals surface area contributed by atoms with Crippen molar-refractivity contribution in [3.8, 4) is 11.5 Å². The lowest BCUT2D eigenvalue weighted by molar-refractivity contribution is -0.137. The van der Waals surface area contributed by atoms with Crippen molar-refractivity contribution in [1.82, 2.24) is 15.8 Å². The molecule has 0 aliphatic carbocycles. The molecule has 41 heavy (non-hydrogen) atoms. The van der Waals surface area contributed by atoms with E-state index in [1.54, 1.807) is 41.9 Å². The lowest BCUT2D eigenvalue weighted by Gasteiger charge is -2.13. The van der Waals surface area contributed by atoms with Gasteiger partial charge < -0.3 is 20.7 Å². The van der Waals surface area contributed by atoms with E-state index >= 15 is 0 Å². The molecule has 4 amide bonds. The van der Waals surface area contributed by atoms with Gasteiger partial charge >= 0.3 is 12.2 Å². The van der Waals surface area contributed by atoms with Crippen molar-refractivity contribution in [2.24, 2.45) is 0 Å². The Kier molecular flexibility index (Phi) is 11.3. The van der Waals surface area contributed by atoms with Crippen molar-refractivity contribution in [3.63, 3.8) is 0 Å². The molecule has 0 aliphatic rings. The minimum absolute atomic E-state index is 0.0754. The second-order valence-corrected chi connectivity index (χ2v) is 9.16. The molecule has 14 heteroatoms. The number of hydroxylamine groups is 1. The summed E-state index contributed by atoms with van der Waals surface area (Å²) in [6, 6.07) is 11.9. The summed E-state index contributed by atoms with van der Waals surface area (Å²) in [7, 11) is 0. The smallest absolute Gasteiger partial charge is 0.417 e. The van der Waals surface area contributed by atoms with Crippen molar-refractivity contribution in [1.29, 1.82) is 0 Å². The summed E-state index contributed by atoms with van der Waals surface area (Å²) in [4.78, 5) is 39.5. The molecule has 10 nitrogen and oxygen atoms in total. The Balaban J connectivity index is 1.45. The number of hydrogen-bond donors (Lipinski definition) is 5. The number of amides is 4. The number of nitrogens with one attached hydrogen (secondary N) is 4. The highest BCUT2D eigenvalue weighted by molar-refractivity contribution is 6.31. The predicted octanol–water partition coefficient (Wildman–Crippen LogP) is 6.26. The van der Waals surface area contributed by atoms with Crippen molar-refractivity contribution in [2.45, 2.75) is 44.8 Å². The van der Waals surface area contributed by atoms with E-state index in [1.807, 2.05) is 0 Å². The Bertz CT molecular complexity index is 1360. The van der Waals surface area contributed by atoms with E-state index < -0.39 is 28.7 Å². The summed E-state index contributed by atoms with van der Waals surface area (Å²) >= 11 is 5.60. The second kappa shape index (κ2) is 14.9. The van der Waals surface area contributed by atoms with E-state index in [1.165, 1.54) is 12.3 Å². The molecular weight excluding hydrogens is 567 g/mol. The molecular formula is C27H27ClF3N5O5. The van der Waals surface area contributed by atoms with Crippen LogP contribution in [-0.2, 0) is 22.3 Å². The van der Waals surface area contributed by atoms with Crippen LogP contribution in [-0.4, -0.2) is 28.0 Å². The Hall–Kier alpha value is -4.36. The molecule has 1 aromatic heterocycles. The second-order valence-electron chi connectivity index (χ2n) is 8.75. The van der Waals surface area contributed by atoms with E-state index in [9.17, 15) is 27.6 Å². The first-order valence-corrected chi connectivity index (χ1v) is 12.8. The largest absolute Gasteiger partial charge is 0.457 e. The van der Waals surface area contributed by atoms with Crippen LogP contribution in [0.2, 0.25) is 5.02 Å². The van der Waals surface area contributed by atoms with Gasteiger partial charge in [-0.25, -0.2) is 10.3 Å². The third-order valence-corrected chi connectivity index (χ3v) is 5.89. The molecule has 2 aromatic carbocycles. The lowest BCUT2D eigenvalue weighted by Crippen LogP contribution is -2.23. The summed E-state index contributed by atoms with van der Waals surface area (Å²) in [6.07, 6.45) is -0.786. The van der Waals surface area contributed by atoms with Crippen LogP contribution in [0.3, 0.4) is 0 Å². The number of benzene rings is 2. The van der Waals surface area contributed by atoms with Crippen molar-refractivity contribution in [3.05, 3.63) is 77.1 Å². The third-order valence-electron chi connectivity index (χ3n) is 5.56. The fraction of sp³-hybridized carbons (Fsp3) is 0.259. The Labute approximate surface area is 238 Å². The highest BCUT2D eigenvalue weighted by atomic mass is 35.5. The molecule has 0 fully saturated rings. The van der Waals surface area contributed by atoms with Gasteiger partial charge in [-0.2, -0.15) is 13.2 Å². The van der Waals surface area contributed by atoms with E-state index in [-0.39, 0.29) is 24.6 Å². The third kappa shape index (κ3) is 10.6. The molecule has 3 aromatic rings. The Morgan fingerprint density at radius 2 is 1.51 bits per heavy atom. The van der Waals surface area contributed by atoms with Crippen LogP contribution in [0.15, 0.2) is 60.8 Å². The summed E-state index contributed by atoms with van der Waals surface area (Å²) in [5, 5.41) is 15.6. The van der Waals surface area contributed by atoms with Crippen LogP contribution in [0, 0.1) is 0 Å². The fourth-order valence-electron chi connectivity index (χ4n) is 3.55. The SMILES string of the molecule is O=C(CCCCCC(=O)NCc1cc(Oc2ccc(NC(=O)Nc3ccc(Cl)c(C(F)(F)F)c3)cc2)ccn1)NO. The molecule has 0 aliphatic heterocycles. The summed E-state index contributed by atoms with van der Waals surface area (Å²) in [6.45, 7) is 0.193. The van der Waals surface area contributed by atoms with Crippen LogP contribution in [0.5, 0.6) is 11.5 Å². The standard InChI is InChI=1S/C27H27ClF3N5O5/c28-23-11-8-18(15-22(23)27(29,30)31)35-26(39)34-17-6-9-20(10-7-17)41-21-12-13-32-19(14-21)16-33-24(37)4-2-1-3-5-25(38)36-40/h6-15,40H,1-5,16H2,(H,33,37)(H,36,38)(H2,34,35,39). The maximum Gasteiger partial charge on any atom is 0.417 e. The number of rotatable bonds is 12. The number of unbranched alkanes of at least 4 members (excludes halogenated alkanes) is 2. The molecule has 3 rings (SSSR count). The normalized spacial score (nSPS) is 11.0. The molecule has 0 bridgehead atoms. The first-order chi connectivity index (χ1) is 19.5. The number of pyridine rings is 1. The summed E-state index contributed by atoms with van der Waals surface area (Å²) in [5.74, 6) is 0.294. The molecule has 0 saturated carbocycles. The van der Waals surface area contributed by atoms with E-state index in [0.29, 0.717) is 48.6 Å². The summed E-state index contributed by atoms with van der Waals surface area (Å²) < 4.78 is 44.9. The van der Waals surface area contributed by atoms with Gasteiger partial charge in [0.05, 0.1) is 22.8 Å². The quantitative estimate of drug-likeness (QED) is 0.0953. The molecule has 0 saturated heterocycles. The van der Waals surface area contributed by atoms with Crippen molar-refractivity contribution in [2.75, 3.05) is 10.6 Å². The van der Waals surface area contributed by atoms with E-state index in [4.69, 9.17) is 21.5 Å². The van der Waals surface area contributed by atoms with Crippen LogP contribution in [0.25, 0.3) is 0 Å². The molecule has 0 spiro atoms. The number of nitrogens with zero attached hydrogens (tertiary/aromatic N) is 1. The zero-order valence-corrected chi connectivity index (χ0v) is 22.3. The highest BCUT2D eigenvalue weighted by Crippen LogP contribution is 2.36. The monoisotopic (exact) mass is 593 g/mol. The number of aromatic nitrogens is 1. The van der Waals surface area contributed by atoms with Crippen LogP contribution < -0.4 is 26.2 Å². The van der Waals surface area contributed by atoms with Gasteiger partial charge in [0.2, 0.25) is 11.8 Å². The molecule has 218 valence electrons. The van der Waals surface area contributed by atoms with Crippen LogP contribution in [0.4, 0.5) is 29.3 Å². The number of urea groups is 1. The van der Waals surface area contributed by atoms with Gasteiger partial charge in [0.1, 0.15) is 11.5 Å². The van der Waals surface area contributed by atoms with Gasteiger partial charge in [0.15, 0.2) is 0 Å². The van der Waals surface area contributed by atoms with Crippen molar-refractivity contribution < 1.29 is 37.5 Å². The summed E-state index contributed by atoms with van der Waals surface area (Å²) in [5.41, 5.74) is 1.37. The fourth-order valence-corrected chi connectivity index (χ4v) is 3.78. The van der Waals surface area contributed by atoms with Gasteiger partial charge in [0, 0.05) is 36.5 Å². The first kappa shape index (κ1) is 31.2. The average molecular weight is 594 g/mol. The number of hydrogen-bond acceptors (Lipinski definition) is 6. The lowest BCUT2D eigenvalue weighted by atomic mass is 10.1. The van der Waals surface area contributed by atoms with E-state index in [2.05, 4.69) is 20.9 Å². The molecule has 5 N–H and O–H groups in total. The zero-order chi connectivity index (χ0) is 29.8. The minimum Gasteiger partial charge on any atom is -0.457 e. The molecule has 0 unspecified atom stereocenters. The van der Waals surface area contributed by atoms with Crippen molar-refractivity contribution >= 4 is 40.8 Å². The minimum atomic E-state index is -4.66. The Morgan fingerprint density at radius 1 is 0.854 bits per heavy atom. The number of anilines is 2. The van der Waals surface area contributed by atoms with Gasteiger partial charge in [-0.05, 0) is 61.4 Å². The van der Waals surface area contributed by atoms with Gasteiger partial charge in [0.25, 0.3) is 0 Å². The van der Waals surface area contributed by atoms with Gasteiger partial charge in [-0.3, -0.25) is 19.8 Å². The zero-order valence-electron chi connectivity index (χ0n) is 21.6. The van der Waals surface area contributed by atoms with Gasteiger partial charge in [-0.15, -0.1) is 0 Å². The number of carbonyl (C=O) groups excluding carboxylic acids is 3.